The van der Waals surface area contributed by atoms with Gasteiger partial charge in [0.1, 0.15) is 17.8 Å². The van der Waals surface area contributed by atoms with Crippen molar-refractivity contribution in [3.8, 4) is 5.75 Å². The van der Waals surface area contributed by atoms with E-state index in [1.807, 2.05) is 13.0 Å². The van der Waals surface area contributed by atoms with Crippen LogP contribution < -0.4 is 15.4 Å². The lowest BCUT2D eigenvalue weighted by molar-refractivity contribution is -0.134. The molecule has 1 aliphatic rings. The van der Waals surface area contributed by atoms with Crippen LogP contribution in [0.1, 0.15) is 31.7 Å². The Morgan fingerprint density at radius 2 is 1.81 bits per heavy atom. The van der Waals surface area contributed by atoms with Crippen molar-refractivity contribution in [2.24, 2.45) is 0 Å². The molecule has 2 aromatic rings. The maximum Gasteiger partial charge on any atom is 0.387 e. The topological polar surface area (TPSA) is 87.7 Å². The molecule has 4 amide bonds. The summed E-state index contributed by atoms with van der Waals surface area (Å²) >= 11 is 0. The first kappa shape index (κ1) is 22.2. The number of alkyl halides is 2. The Kier molecular flexibility index (Phi) is 6.84. The second-order valence-corrected chi connectivity index (χ2v) is 7.15. The van der Waals surface area contributed by atoms with Crippen molar-refractivity contribution >= 4 is 23.5 Å². The lowest BCUT2D eigenvalue weighted by atomic mass is 9.85. The molecule has 7 nitrogen and oxygen atoms in total. The molecule has 0 radical (unpaired) electrons. The summed E-state index contributed by atoms with van der Waals surface area (Å²) in [5, 5.41) is 5.33. The minimum absolute atomic E-state index is 0.0503. The average Bonchev–Trinajstić information content (AvgIpc) is 2.99. The highest BCUT2D eigenvalue weighted by atomic mass is 19.3. The van der Waals surface area contributed by atoms with E-state index in [2.05, 4.69) is 15.4 Å². The summed E-state index contributed by atoms with van der Waals surface area (Å²) in [6.07, 6.45) is 1.97. The fourth-order valence-electron chi connectivity index (χ4n) is 3.51. The van der Waals surface area contributed by atoms with Gasteiger partial charge in [-0.05, 0) is 36.2 Å². The van der Waals surface area contributed by atoms with Crippen LogP contribution in [0.3, 0.4) is 0 Å². The Labute approximate surface area is 178 Å². The second-order valence-electron chi connectivity index (χ2n) is 7.15. The molecule has 0 unspecified atom stereocenters. The van der Waals surface area contributed by atoms with Gasteiger partial charge in [0, 0.05) is 5.69 Å². The van der Waals surface area contributed by atoms with Crippen molar-refractivity contribution in [2.45, 2.75) is 38.3 Å². The second kappa shape index (κ2) is 9.55. The largest absolute Gasteiger partial charge is 0.435 e. The summed E-state index contributed by atoms with van der Waals surface area (Å²) < 4.78 is 28.7. The molecule has 1 aliphatic heterocycles. The molecule has 0 aromatic heterocycles. The van der Waals surface area contributed by atoms with Gasteiger partial charge < -0.3 is 15.4 Å². The van der Waals surface area contributed by atoms with Crippen molar-refractivity contribution in [2.75, 3.05) is 11.9 Å². The number of nitrogens with one attached hydrogen (secondary N) is 2. The number of rotatable bonds is 9. The van der Waals surface area contributed by atoms with Crippen LogP contribution in [0, 0.1) is 0 Å². The lowest BCUT2D eigenvalue weighted by Gasteiger charge is -2.27. The van der Waals surface area contributed by atoms with Gasteiger partial charge in [0.05, 0.1) is 0 Å². The summed E-state index contributed by atoms with van der Waals surface area (Å²) in [6.45, 7) is -1.43. The Morgan fingerprint density at radius 1 is 1.13 bits per heavy atom. The molecule has 0 aliphatic carbocycles. The number of amides is 4. The molecule has 31 heavy (non-hydrogen) atoms. The van der Waals surface area contributed by atoms with E-state index >= 15 is 0 Å². The van der Waals surface area contributed by atoms with Gasteiger partial charge in [-0.1, -0.05) is 50.1 Å². The van der Waals surface area contributed by atoms with E-state index in [-0.39, 0.29) is 5.75 Å². The van der Waals surface area contributed by atoms with Crippen LogP contribution in [-0.4, -0.2) is 35.9 Å². The van der Waals surface area contributed by atoms with E-state index in [1.54, 1.807) is 24.3 Å². The number of imide groups is 1. The van der Waals surface area contributed by atoms with E-state index in [9.17, 15) is 23.2 Å². The number of anilines is 1. The van der Waals surface area contributed by atoms with Crippen LogP contribution in [-0.2, 0) is 15.1 Å². The summed E-state index contributed by atoms with van der Waals surface area (Å²) in [5.74, 6) is -1.12. The SMILES string of the molecule is CCCC[C@@]1(c2ccccc2)NC(=O)N(CC(=O)Nc2ccc(OC(F)F)cc2)C1=O. The minimum Gasteiger partial charge on any atom is -0.435 e. The fourth-order valence-corrected chi connectivity index (χ4v) is 3.51. The fraction of sp³-hybridized carbons (Fsp3) is 0.318. The predicted molar refractivity (Wildman–Crippen MR) is 110 cm³/mol. The van der Waals surface area contributed by atoms with Gasteiger partial charge in [-0.2, -0.15) is 8.78 Å². The Hall–Kier alpha value is -3.49. The van der Waals surface area contributed by atoms with Crippen LogP contribution in [0.15, 0.2) is 54.6 Å². The maximum absolute atomic E-state index is 13.3. The van der Waals surface area contributed by atoms with Gasteiger partial charge in [-0.25, -0.2) is 4.79 Å². The van der Waals surface area contributed by atoms with Crippen molar-refractivity contribution < 1.29 is 27.9 Å². The number of ether oxygens (including phenoxy) is 1. The van der Waals surface area contributed by atoms with Crippen LogP contribution in [0.25, 0.3) is 0 Å². The molecule has 1 atom stereocenters. The molecule has 1 fully saturated rings. The van der Waals surface area contributed by atoms with Crippen LogP contribution in [0.4, 0.5) is 19.3 Å². The number of hydrogen-bond donors (Lipinski definition) is 2. The summed E-state index contributed by atoms with van der Waals surface area (Å²) in [7, 11) is 0. The van der Waals surface area contributed by atoms with Gasteiger partial charge in [0.2, 0.25) is 5.91 Å². The first-order valence-electron chi connectivity index (χ1n) is 9.90. The quantitative estimate of drug-likeness (QED) is 0.590. The summed E-state index contributed by atoms with van der Waals surface area (Å²) in [4.78, 5) is 39.2. The molecule has 0 spiro atoms. The van der Waals surface area contributed by atoms with E-state index in [0.29, 0.717) is 24.1 Å². The van der Waals surface area contributed by atoms with Crippen molar-refractivity contribution in [3.63, 3.8) is 0 Å². The number of benzene rings is 2. The molecule has 0 saturated carbocycles. The number of nitrogens with zero attached hydrogens (tertiary/aromatic N) is 1. The maximum atomic E-state index is 13.3. The van der Waals surface area contributed by atoms with Gasteiger partial charge >= 0.3 is 12.6 Å². The van der Waals surface area contributed by atoms with E-state index in [4.69, 9.17) is 0 Å². The van der Waals surface area contributed by atoms with Gasteiger partial charge in [0.15, 0.2) is 0 Å². The third-order valence-corrected chi connectivity index (χ3v) is 5.01. The zero-order chi connectivity index (χ0) is 22.4. The molecule has 0 bridgehead atoms. The molecular formula is C22H23F2N3O4. The van der Waals surface area contributed by atoms with E-state index < -0.39 is 36.5 Å². The Bertz CT molecular complexity index is 938. The highest BCUT2D eigenvalue weighted by Gasteiger charge is 2.52. The standard InChI is InChI=1S/C22H23F2N3O4/c1-2-3-13-22(15-7-5-4-6-8-15)19(29)27(21(30)26-22)14-18(28)25-16-9-11-17(12-10-16)31-20(23)24/h4-12,20H,2-3,13-14H2,1H3,(H,25,28)(H,26,30)/t22-/m0/s1. The van der Waals surface area contributed by atoms with Crippen LogP contribution >= 0.6 is 0 Å². The average molecular weight is 431 g/mol. The van der Waals surface area contributed by atoms with Gasteiger partial charge in [0.25, 0.3) is 5.91 Å². The van der Waals surface area contributed by atoms with Crippen molar-refractivity contribution in [1.29, 1.82) is 0 Å². The smallest absolute Gasteiger partial charge is 0.387 e. The minimum atomic E-state index is -2.95. The molecule has 3 rings (SSSR count). The predicted octanol–water partition coefficient (Wildman–Crippen LogP) is 3.86. The third-order valence-electron chi connectivity index (χ3n) is 5.01. The summed E-state index contributed by atoms with van der Waals surface area (Å²) in [6, 6.07) is 13.6. The highest BCUT2D eigenvalue weighted by molar-refractivity contribution is 6.10. The Morgan fingerprint density at radius 3 is 2.42 bits per heavy atom. The van der Waals surface area contributed by atoms with Crippen molar-refractivity contribution in [1.82, 2.24) is 10.2 Å². The third kappa shape index (κ3) is 4.99. The lowest BCUT2D eigenvalue weighted by Crippen LogP contribution is -2.44. The van der Waals surface area contributed by atoms with Gasteiger partial charge in [-0.15, -0.1) is 0 Å². The Balaban J connectivity index is 1.72. The molecule has 1 saturated heterocycles. The first-order valence-corrected chi connectivity index (χ1v) is 9.90. The summed E-state index contributed by atoms with van der Waals surface area (Å²) in [5.41, 5.74) is -0.221. The first-order chi connectivity index (χ1) is 14.9. The number of hydrogen-bond acceptors (Lipinski definition) is 4. The zero-order valence-electron chi connectivity index (χ0n) is 16.9. The van der Waals surface area contributed by atoms with Crippen LogP contribution in [0.5, 0.6) is 5.75 Å². The van der Waals surface area contributed by atoms with E-state index in [0.717, 1.165) is 11.3 Å². The highest BCUT2D eigenvalue weighted by Crippen LogP contribution is 2.34. The number of halogens is 2. The van der Waals surface area contributed by atoms with Crippen LogP contribution in [0.2, 0.25) is 0 Å². The molecule has 1 heterocycles. The molecule has 164 valence electrons. The number of unbranched alkanes of at least 4 members (excludes halogenated alkanes) is 1. The zero-order valence-corrected chi connectivity index (χ0v) is 16.9. The molecule has 2 aromatic carbocycles. The molecule has 9 heteroatoms. The number of carbonyl (C=O) groups excluding carboxylic acids is 3. The van der Waals surface area contributed by atoms with Crippen molar-refractivity contribution in [3.05, 3.63) is 60.2 Å². The van der Waals surface area contributed by atoms with E-state index in [1.165, 1.54) is 24.3 Å². The normalized spacial score (nSPS) is 18.3. The molecular weight excluding hydrogens is 408 g/mol. The number of urea groups is 1. The molecule has 2 N–H and O–H groups in total. The van der Waals surface area contributed by atoms with Gasteiger partial charge in [-0.3, -0.25) is 14.5 Å². The number of carbonyl (C=O) groups is 3. The monoisotopic (exact) mass is 431 g/mol.